The quantitative estimate of drug-likeness (QED) is 0.901. The maximum atomic E-state index is 11.6. The predicted octanol–water partition coefficient (Wildman–Crippen LogP) is 1.19. The van der Waals surface area contributed by atoms with Crippen LogP contribution >= 0.6 is 0 Å². The molecule has 0 amide bonds. The lowest BCUT2D eigenvalue weighted by Crippen LogP contribution is -2.28. The first-order valence-corrected chi connectivity index (χ1v) is 8.12. The Hall–Kier alpha value is -1.42. The molecule has 0 saturated carbocycles. The maximum Gasteiger partial charge on any atom is 0.152 e. The molecule has 2 atom stereocenters. The minimum atomic E-state index is -3.24. The minimum Gasteiger partial charge on any atom is -0.387 e. The first-order valence-electron chi connectivity index (χ1n) is 6.30. The molecule has 1 saturated heterocycles. The van der Waals surface area contributed by atoms with Gasteiger partial charge < -0.3 is 9.84 Å². The molecule has 1 aromatic carbocycles. The van der Waals surface area contributed by atoms with E-state index in [0.29, 0.717) is 12.2 Å². The zero-order valence-electron chi connectivity index (χ0n) is 11.2. The Morgan fingerprint density at radius 3 is 2.55 bits per heavy atom. The second-order valence-electron chi connectivity index (χ2n) is 5.19. The summed E-state index contributed by atoms with van der Waals surface area (Å²) < 4.78 is 28.2. The Morgan fingerprint density at radius 2 is 2.10 bits per heavy atom. The Kier molecular flexibility index (Phi) is 4.14. The monoisotopic (exact) mass is 295 g/mol. The van der Waals surface area contributed by atoms with E-state index in [0.717, 1.165) is 5.56 Å². The second-order valence-corrected chi connectivity index (χ2v) is 7.37. The molecule has 1 N–H and O–H groups in total. The summed E-state index contributed by atoms with van der Waals surface area (Å²) in [5, 5.41) is 19.7. The molecule has 0 aliphatic carbocycles. The van der Waals surface area contributed by atoms with E-state index in [-0.39, 0.29) is 17.9 Å². The molecule has 0 bridgehead atoms. The lowest BCUT2D eigenvalue weighted by molar-refractivity contribution is 0.0792. The van der Waals surface area contributed by atoms with Gasteiger partial charge in [0, 0.05) is 7.11 Å². The average Bonchev–Trinajstić information content (AvgIpc) is 2.76. The lowest BCUT2D eigenvalue weighted by atomic mass is 9.80. The van der Waals surface area contributed by atoms with Gasteiger partial charge in [0.25, 0.3) is 0 Å². The second kappa shape index (κ2) is 5.52. The summed E-state index contributed by atoms with van der Waals surface area (Å²) in [6.07, 6.45) is -0.923. The van der Waals surface area contributed by atoms with Crippen molar-refractivity contribution in [1.29, 1.82) is 5.26 Å². The standard InChI is InChI=1S/C14H17NO4S/c1-19-8-11-2-4-12(5-3-11)13(16)14(9-15)6-7-20(17,18)10-14/h2-5,13,16H,6-8,10H2,1H3. The summed E-state index contributed by atoms with van der Waals surface area (Å²) in [6, 6.07) is 9.04. The molecule has 20 heavy (non-hydrogen) atoms. The number of ether oxygens (including phenoxy) is 1. The number of nitrogens with zero attached hydrogens (tertiary/aromatic N) is 1. The van der Waals surface area contributed by atoms with Crippen molar-refractivity contribution in [3.8, 4) is 6.07 Å². The molecular formula is C14H17NO4S. The van der Waals surface area contributed by atoms with E-state index in [1.807, 2.05) is 6.07 Å². The van der Waals surface area contributed by atoms with E-state index in [1.165, 1.54) is 0 Å². The highest BCUT2D eigenvalue weighted by atomic mass is 32.2. The fourth-order valence-electron chi connectivity index (χ4n) is 2.52. The number of nitriles is 1. The summed E-state index contributed by atoms with van der Waals surface area (Å²) >= 11 is 0. The molecule has 1 fully saturated rings. The first-order chi connectivity index (χ1) is 9.42. The molecule has 2 rings (SSSR count). The number of aliphatic hydroxyl groups excluding tert-OH is 1. The third kappa shape index (κ3) is 2.85. The number of sulfone groups is 1. The largest absolute Gasteiger partial charge is 0.387 e. The van der Waals surface area contributed by atoms with Gasteiger partial charge in [-0.3, -0.25) is 0 Å². The Balaban J connectivity index is 2.26. The van der Waals surface area contributed by atoms with Crippen molar-refractivity contribution in [3.63, 3.8) is 0 Å². The van der Waals surface area contributed by atoms with Crippen LogP contribution in [0.1, 0.15) is 23.7 Å². The molecular weight excluding hydrogens is 278 g/mol. The fourth-order valence-corrected chi connectivity index (χ4v) is 4.49. The number of benzene rings is 1. The third-order valence-electron chi connectivity index (χ3n) is 3.69. The van der Waals surface area contributed by atoms with Crippen LogP contribution < -0.4 is 0 Å². The van der Waals surface area contributed by atoms with Crippen LogP contribution in [0.2, 0.25) is 0 Å². The van der Waals surface area contributed by atoms with Crippen molar-refractivity contribution in [2.45, 2.75) is 19.1 Å². The van der Waals surface area contributed by atoms with Crippen LogP contribution in [0, 0.1) is 16.7 Å². The van der Waals surface area contributed by atoms with Crippen LogP contribution in [0.5, 0.6) is 0 Å². The molecule has 6 heteroatoms. The van der Waals surface area contributed by atoms with Crippen LogP contribution in [0.3, 0.4) is 0 Å². The zero-order valence-corrected chi connectivity index (χ0v) is 12.1. The molecule has 1 aromatic rings. The predicted molar refractivity (Wildman–Crippen MR) is 73.4 cm³/mol. The summed E-state index contributed by atoms with van der Waals surface area (Å²) in [7, 11) is -1.64. The van der Waals surface area contributed by atoms with E-state index in [4.69, 9.17) is 4.74 Å². The number of hydrogen-bond donors (Lipinski definition) is 1. The Morgan fingerprint density at radius 1 is 1.45 bits per heavy atom. The highest BCUT2D eigenvalue weighted by Crippen LogP contribution is 2.42. The minimum absolute atomic E-state index is 0.0423. The topological polar surface area (TPSA) is 87.4 Å². The molecule has 0 spiro atoms. The fraction of sp³-hybridized carbons (Fsp3) is 0.500. The molecule has 0 radical (unpaired) electrons. The molecule has 2 unspecified atom stereocenters. The van der Waals surface area contributed by atoms with Crippen LogP contribution in [-0.2, 0) is 21.2 Å². The van der Waals surface area contributed by atoms with E-state index < -0.39 is 21.4 Å². The van der Waals surface area contributed by atoms with Gasteiger partial charge in [0.1, 0.15) is 5.41 Å². The van der Waals surface area contributed by atoms with Gasteiger partial charge in [-0.1, -0.05) is 24.3 Å². The van der Waals surface area contributed by atoms with Crippen LogP contribution in [0.4, 0.5) is 0 Å². The van der Waals surface area contributed by atoms with Gasteiger partial charge in [0.05, 0.1) is 30.3 Å². The van der Waals surface area contributed by atoms with E-state index in [9.17, 15) is 18.8 Å². The van der Waals surface area contributed by atoms with Crippen molar-refractivity contribution < 1.29 is 18.3 Å². The normalized spacial score (nSPS) is 26.1. The summed E-state index contributed by atoms with van der Waals surface area (Å²) in [4.78, 5) is 0. The number of rotatable bonds is 4. The zero-order chi connectivity index (χ0) is 14.8. The SMILES string of the molecule is COCc1ccc(C(O)C2(C#N)CCS(=O)(=O)C2)cc1. The van der Waals surface area contributed by atoms with Gasteiger partial charge in [-0.2, -0.15) is 5.26 Å². The first kappa shape index (κ1) is 15.0. The Bertz CT molecular complexity index is 618. The van der Waals surface area contributed by atoms with E-state index >= 15 is 0 Å². The number of aliphatic hydroxyl groups is 1. The van der Waals surface area contributed by atoms with Gasteiger partial charge in [-0.05, 0) is 17.5 Å². The Labute approximate surface area is 118 Å². The van der Waals surface area contributed by atoms with Gasteiger partial charge in [-0.15, -0.1) is 0 Å². The van der Waals surface area contributed by atoms with Crippen molar-refractivity contribution in [2.75, 3.05) is 18.6 Å². The van der Waals surface area contributed by atoms with Crippen molar-refractivity contribution >= 4 is 9.84 Å². The molecule has 108 valence electrons. The highest BCUT2D eigenvalue weighted by molar-refractivity contribution is 7.91. The average molecular weight is 295 g/mol. The maximum absolute atomic E-state index is 11.6. The molecule has 1 aliphatic rings. The lowest BCUT2D eigenvalue weighted by Gasteiger charge is -2.26. The van der Waals surface area contributed by atoms with Gasteiger partial charge in [-0.25, -0.2) is 8.42 Å². The summed E-state index contributed by atoms with van der Waals surface area (Å²) in [5.41, 5.74) is 0.277. The smallest absolute Gasteiger partial charge is 0.152 e. The van der Waals surface area contributed by atoms with Crippen LogP contribution in [0.25, 0.3) is 0 Å². The molecule has 1 aliphatic heterocycles. The van der Waals surface area contributed by atoms with Crippen molar-refractivity contribution in [1.82, 2.24) is 0 Å². The van der Waals surface area contributed by atoms with E-state index in [1.54, 1.807) is 31.4 Å². The van der Waals surface area contributed by atoms with Crippen molar-refractivity contribution in [3.05, 3.63) is 35.4 Å². The molecule has 1 heterocycles. The van der Waals surface area contributed by atoms with Gasteiger partial charge >= 0.3 is 0 Å². The summed E-state index contributed by atoms with van der Waals surface area (Å²) in [6.45, 7) is 0.466. The number of hydrogen-bond acceptors (Lipinski definition) is 5. The summed E-state index contributed by atoms with van der Waals surface area (Å²) in [5.74, 6) is -0.323. The van der Waals surface area contributed by atoms with Crippen LogP contribution in [0.15, 0.2) is 24.3 Å². The molecule has 0 aromatic heterocycles. The van der Waals surface area contributed by atoms with Crippen LogP contribution in [-0.4, -0.2) is 32.1 Å². The molecule has 5 nitrogen and oxygen atoms in total. The van der Waals surface area contributed by atoms with Gasteiger partial charge in [0.15, 0.2) is 9.84 Å². The van der Waals surface area contributed by atoms with Crippen molar-refractivity contribution in [2.24, 2.45) is 5.41 Å². The number of methoxy groups -OCH3 is 1. The van der Waals surface area contributed by atoms with Gasteiger partial charge in [0.2, 0.25) is 0 Å². The third-order valence-corrected chi connectivity index (χ3v) is 5.47. The van der Waals surface area contributed by atoms with E-state index in [2.05, 4.69) is 0 Å². The highest BCUT2D eigenvalue weighted by Gasteiger charge is 2.48.